The van der Waals surface area contributed by atoms with E-state index in [-0.39, 0.29) is 5.41 Å². The summed E-state index contributed by atoms with van der Waals surface area (Å²) in [6, 6.07) is 3.94. The Bertz CT molecular complexity index is 886. The Kier molecular flexibility index (Phi) is 4.52. The number of nitrogens with zero attached hydrogens (tertiary/aromatic N) is 5. The van der Waals surface area contributed by atoms with Gasteiger partial charge in [-0.3, -0.25) is 5.10 Å². The van der Waals surface area contributed by atoms with Gasteiger partial charge in [0.25, 0.3) is 0 Å². The van der Waals surface area contributed by atoms with Gasteiger partial charge >= 0.3 is 6.09 Å². The third-order valence-corrected chi connectivity index (χ3v) is 6.56. The van der Waals surface area contributed by atoms with Crippen molar-refractivity contribution >= 4 is 23.7 Å². The van der Waals surface area contributed by atoms with E-state index in [0.717, 1.165) is 37.6 Å². The normalized spacial score (nSPS) is 21.4. The Labute approximate surface area is 169 Å². The Hall–Kier alpha value is -2.84. The predicted octanol–water partition coefficient (Wildman–Crippen LogP) is 3.18. The fourth-order valence-electron chi connectivity index (χ4n) is 5.08. The van der Waals surface area contributed by atoms with Gasteiger partial charge in [-0.15, -0.1) is 0 Å². The standard InChI is InChI=1S/C20H27N7O2/c28-19(29)27-12-20(13-27)7-3-9-26(11-20)18-21-8-6-16(23-18)22-17-10-15(24-25-17)14-4-1-2-5-14/h6,8,10,14H,1-5,7,9,11-13H2,(H,28,29)(H2,21,22,23,24,25). The van der Waals surface area contributed by atoms with Crippen molar-refractivity contribution in [2.24, 2.45) is 5.41 Å². The number of likely N-dealkylation sites (tertiary alicyclic amines) is 1. The quantitative estimate of drug-likeness (QED) is 0.727. The van der Waals surface area contributed by atoms with Crippen LogP contribution in [-0.2, 0) is 0 Å². The van der Waals surface area contributed by atoms with Gasteiger partial charge in [0.05, 0.1) is 0 Å². The zero-order valence-corrected chi connectivity index (χ0v) is 16.5. The van der Waals surface area contributed by atoms with Crippen LogP contribution in [0, 0.1) is 5.41 Å². The van der Waals surface area contributed by atoms with Crippen LogP contribution in [0.25, 0.3) is 0 Å². The fourth-order valence-corrected chi connectivity index (χ4v) is 5.08. The molecule has 0 bridgehead atoms. The van der Waals surface area contributed by atoms with Gasteiger partial charge in [-0.25, -0.2) is 9.78 Å². The number of carbonyl (C=O) groups is 1. The first-order valence-electron chi connectivity index (χ1n) is 10.5. The van der Waals surface area contributed by atoms with E-state index >= 15 is 0 Å². The second kappa shape index (κ2) is 7.20. The minimum absolute atomic E-state index is 0.0435. The van der Waals surface area contributed by atoms with E-state index in [4.69, 9.17) is 10.1 Å². The number of hydrogen-bond donors (Lipinski definition) is 3. The predicted molar refractivity (Wildman–Crippen MR) is 109 cm³/mol. The molecule has 154 valence electrons. The van der Waals surface area contributed by atoms with Gasteiger partial charge in [0.1, 0.15) is 5.82 Å². The molecule has 9 nitrogen and oxygen atoms in total. The highest BCUT2D eigenvalue weighted by atomic mass is 16.4. The molecule has 0 aromatic carbocycles. The Morgan fingerprint density at radius 1 is 1.21 bits per heavy atom. The Morgan fingerprint density at radius 2 is 2.03 bits per heavy atom. The highest BCUT2D eigenvalue weighted by Gasteiger charge is 2.48. The average molecular weight is 397 g/mol. The van der Waals surface area contributed by atoms with E-state index in [9.17, 15) is 4.79 Å². The zero-order chi connectivity index (χ0) is 19.8. The summed E-state index contributed by atoms with van der Waals surface area (Å²) in [6.07, 6.45) is 8.07. The van der Waals surface area contributed by atoms with Crippen molar-refractivity contribution in [3.63, 3.8) is 0 Å². The molecule has 2 aromatic rings. The van der Waals surface area contributed by atoms with Crippen molar-refractivity contribution in [2.75, 3.05) is 36.4 Å². The smallest absolute Gasteiger partial charge is 0.407 e. The number of hydrogen-bond acceptors (Lipinski definition) is 6. The number of aromatic amines is 1. The molecule has 0 unspecified atom stereocenters. The summed E-state index contributed by atoms with van der Waals surface area (Å²) in [6.45, 7) is 2.91. The molecule has 5 rings (SSSR count). The van der Waals surface area contributed by atoms with E-state index < -0.39 is 6.09 Å². The minimum Gasteiger partial charge on any atom is -0.465 e. The van der Waals surface area contributed by atoms with Crippen LogP contribution in [0.2, 0.25) is 0 Å². The highest BCUT2D eigenvalue weighted by molar-refractivity contribution is 5.66. The first kappa shape index (κ1) is 18.2. The summed E-state index contributed by atoms with van der Waals surface area (Å²) in [7, 11) is 0. The Balaban J connectivity index is 1.26. The first-order valence-corrected chi connectivity index (χ1v) is 10.5. The van der Waals surface area contributed by atoms with E-state index in [1.807, 2.05) is 6.07 Å². The Morgan fingerprint density at radius 3 is 2.83 bits per heavy atom. The number of nitrogens with one attached hydrogen (secondary N) is 2. The molecule has 2 aliphatic heterocycles. The van der Waals surface area contributed by atoms with Gasteiger partial charge in [0.2, 0.25) is 5.95 Å². The van der Waals surface area contributed by atoms with E-state index in [1.165, 1.54) is 36.3 Å². The summed E-state index contributed by atoms with van der Waals surface area (Å²) >= 11 is 0. The van der Waals surface area contributed by atoms with Crippen molar-refractivity contribution in [3.05, 3.63) is 24.0 Å². The largest absolute Gasteiger partial charge is 0.465 e. The topological polar surface area (TPSA) is 110 Å². The average Bonchev–Trinajstić information content (AvgIpc) is 3.38. The minimum atomic E-state index is -0.828. The maximum atomic E-state index is 11.1. The number of piperidine rings is 1. The fraction of sp³-hybridized carbons (Fsp3) is 0.600. The maximum Gasteiger partial charge on any atom is 0.407 e. The van der Waals surface area contributed by atoms with Crippen LogP contribution in [0.3, 0.4) is 0 Å². The van der Waals surface area contributed by atoms with Gasteiger partial charge in [-0.2, -0.15) is 10.1 Å². The number of carboxylic acid groups (broad SMARTS) is 1. The summed E-state index contributed by atoms with van der Waals surface area (Å²) in [5, 5.41) is 20.0. The van der Waals surface area contributed by atoms with Gasteiger partial charge in [-0.1, -0.05) is 12.8 Å². The molecule has 1 saturated carbocycles. The third-order valence-electron chi connectivity index (χ3n) is 6.56. The van der Waals surface area contributed by atoms with Crippen molar-refractivity contribution in [2.45, 2.75) is 44.4 Å². The highest BCUT2D eigenvalue weighted by Crippen LogP contribution is 2.40. The number of amides is 1. The van der Waals surface area contributed by atoms with Crippen LogP contribution in [0.1, 0.15) is 50.1 Å². The molecule has 0 atom stereocenters. The van der Waals surface area contributed by atoms with Gasteiger partial charge in [0, 0.05) is 55.5 Å². The lowest BCUT2D eigenvalue weighted by Gasteiger charge is -2.53. The lowest BCUT2D eigenvalue weighted by atomic mass is 9.73. The SMILES string of the molecule is O=C(O)N1CC2(CCCN(c3nccc(Nc4cc(C5CCCC5)[nH]n4)n3)C2)C1. The second-order valence-corrected chi connectivity index (χ2v) is 8.72. The van der Waals surface area contributed by atoms with Crippen LogP contribution in [0.15, 0.2) is 18.3 Å². The number of aromatic nitrogens is 4. The number of H-pyrrole nitrogens is 1. The maximum absolute atomic E-state index is 11.1. The van der Waals surface area contributed by atoms with E-state index in [2.05, 4.69) is 31.5 Å². The molecule has 3 N–H and O–H groups in total. The molecule has 1 aliphatic carbocycles. The molecule has 9 heteroatoms. The van der Waals surface area contributed by atoms with Crippen molar-refractivity contribution in [1.29, 1.82) is 0 Å². The van der Waals surface area contributed by atoms with E-state index in [1.54, 1.807) is 6.20 Å². The second-order valence-electron chi connectivity index (χ2n) is 8.72. The molecular weight excluding hydrogens is 370 g/mol. The lowest BCUT2D eigenvalue weighted by molar-refractivity contribution is 0.000646. The van der Waals surface area contributed by atoms with Gasteiger partial charge in [-0.05, 0) is 31.7 Å². The molecule has 4 heterocycles. The van der Waals surface area contributed by atoms with Crippen LogP contribution >= 0.6 is 0 Å². The number of rotatable bonds is 4. The first-order chi connectivity index (χ1) is 14.1. The molecular formula is C20H27N7O2. The lowest BCUT2D eigenvalue weighted by Crippen LogP contribution is -2.64. The van der Waals surface area contributed by atoms with Crippen LogP contribution in [-0.4, -0.2) is 62.4 Å². The summed E-state index contributed by atoms with van der Waals surface area (Å²) in [5.41, 5.74) is 1.24. The van der Waals surface area contributed by atoms with Crippen molar-refractivity contribution in [1.82, 2.24) is 25.1 Å². The van der Waals surface area contributed by atoms with Crippen molar-refractivity contribution in [3.8, 4) is 0 Å². The van der Waals surface area contributed by atoms with Gasteiger partial charge < -0.3 is 20.2 Å². The van der Waals surface area contributed by atoms with Crippen molar-refractivity contribution < 1.29 is 9.90 Å². The summed E-state index contributed by atoms with van der Waals surface area (Å²) in [5.74, 6) is 2.79. The molecule has 1 spiro atoms. The molecule has 2 aromatic heterocycles. The molecule has 0 radical (unpaired) electrons. The summed E-state index contributed by atoms with van der Waals surface area (Å²) in [4.78, 5) is 24.0. The number of anilines is 3. The monoisotopic (exact) mass is 397 g/mol. The van der Waals surface area contributed by atoms with Crippen LogP contribution < -0.4 is 10.2 Å². The third kappa shape index (κ3) is 3.61. The molecule has 1 amide bonds. The van der Waals surface area contributed by atoms with E-state index in [0.29, 0.717) is 25.0 Å². The molecule has 3 fully saturated rings. The zero-order valence-electron chi connectivity index (χ0n) is 16.5. The molecule has 2 saturated heterocycles. The molecule has 3 aliphatic rings. The summed E-state index contributed by atoms with van der Waals surface area (Å²) < 4.78 is 0. The van der Waals surface area contributed by atoms with Crippen LogP contribution in [0.5, 0.6) is 0 Å². The molecule has 29 heavy (non-hydrogen) atoms. The van der Waals surface area contributed by atoms with Gasteiger partial charge in [0.15, 0.2) is 5.82 Å². The van der Waals surface area contributed by atoms with Crippen LogP contribution in [0.4, 0.5) is 22.4 Å².